The Hall–Kier alpha value is -2.80. The van der Waals surface area contributed by atoms with Gasteiger partial charge in [-0.2, -0.15) is 4.98 Å². The quantitative estimate of drug-likeness (QED) is 0.701. The molecule has 0 spiro atoms. The lowest BCUT2D eigenvalue weighted by Crippen LogP contribution is -2.24. The Morgan fingerprint density at radius 1 is 1.27 bits per heavy atom. The van der Waals surface area contributed by atoms with Gasteiger partial charge in [-0.05, 0) is 29.8 Å². The second-order valence-corrected chi connectivity index (χ2v) is 6.52. The van der Waals surface area contributed by atoms with Crippen molar-refractivity contribution < 1.29 is 13.7 Å². The highest BCUT2D eigenvalue weighted by atomic mass is 35.5. The monoisotopic (exact) mass is 372 g/mol. The van der Waals surface area contributed by atoms with E-state index in [-0.39, 0.29) is 16.8 Å². The van der Waals surface area contributed by atoms with E-state index in [1.54, 1.807) is 35.5 Å². The second kappa shape index (κ2) is 6.84. The van der Waals surface area contributed by atoms with E-state index < -0.39 is 5.82 Å². The summed E-state index contributed by atoms with van der Waals surface area (Å²) >= 11 is 5.81. The Bertz CT molecular complexity index is 947. The van der Waals surface area contributed by atoms with Crippen molar-refractivity contribution >= 4 is 17.5 Å². The van der Waals surface area contributed by atoms with E-state index in [0.29, 0.717) is 31.2 Å². The van der Waals surface area contributed by atoms with Gasteiger partial charge in [0.2, 0.25) is 5.91 Å². The SMILES string of the molecule is O=C1CC(c2noc(-c3ccncc3)n2)CN1Cc1ccc(F)c(Cl)c1. The van der Waals surface area contributed by atoms with Crippen LogP contribution in [0.2, 0.25) is 5.02 Å². The van der Waals surface area contributed by atoms with Crippen LogP contribution in [0.1, 0.15) is 23.7 Å². The summed E-state index contributed by atoms with van der Waals surface area (Å²) < 4.78 is 18.6. The molecule has 0 radical (unpaired) electrons. The molecule has 0 aliphatic carbocycles. The molecular weight excluding hydrogens is 359 g/mol. The van der Waals surface area contributed by atoms with Gasteiger partial charge in [0.15, 0.2) is 5.82 Å². The standard InChI is InChI=1S/C18H14ClFN4O2/c19-14-7-11(1-2-15(14)20)9-24-10-13(8-16(24)25)17-22-18(26-23-17)12-3-5-21-6-4-12/h1-7,13H,8-10H2. The van der Waals surface area contributed by atoms with Crippen LogP contribution in [-0.4, -0.2) is 32.5 Å². The summed E-state index contributed by atoms with van der Waals surface area (Å²) in [6.07, 6.45) is 3.60. The molecule has 1 unspecified atom stereocenters. The summed E-state index contributed by atoms with van der Waals surface area (Å²) in [4.78, 5) is 22.4. The third kappa shape index (κ3) is 3.30. The van der Waals surface area contributed by atoms with Crippen molar-refractivity contribution in [3.63, 3.8) is 0 Å². The molecule has 1 saturated heterocycles. The second-order valence-electron chi connectivity index (χ2n) is 6.12. The van der Waals surface area contributed by atoms with E-state index in [4.69, 9.17) is 16.1 Å². The summed E-state index contributed by atoms with van der Waals surface area (Å²) in [6, 6.07) is 8.02. The minimum absolute atomic E-state index is 0.00860. The first-order valence-electron chi connectivity index (χ1n) is 8.06. The van der Waals surface area contributed by atoms with Crippen molar-refractivity contribution in [1.82, 2.24) is 20.0 Å². The molecule has 1 aliphatic heterocycles. The first-order chi connectivity index (χ1) is 12.6. The smallest absolute Gasteiger partial charge is 0.258 e. The maximum absolute atomic E-state index is 13.3. The number of likely N-dealkylation sites (tertiary alicyclic amines) is 1. The minimum atomic E-state index is -0.475. The number of pyridine rings is 1. The Labute approximate surface area is 153 Å². The molecule has 26 heavy (non-hydrogen) atoms. The predicted octanol–water partition coefficient (Wildman–Crippen LogP) is 3.44. The molecule has 4 rings (SSSR count). The Morgan fingerprint density at radius 3 is 2.85 bits per heavy atom. The van der Waals surface area contributed by atoms with Gasteiger partial charge in [-0.15, -0.1) is 0 Å². The fourth-order valence-corrected chi connectivity index (χ4v) is 3.17. The summed E-state index contributed by atoms with van der Waals surface area (Å²) in [5.74, 6) is 0.281. The van der Waals surface area contributed by atoms with Crippen LogP contribution >= 0.6 is 11.6 Å². The molecule has 1 atom stereocenters. The molecule has 0 bridgehead atoms. The molecule has 1 aliphatic rings. The van der Waals surface area contributed by atoms with Crippen LogP contribution in [0.15, 0.2) is 47.2 Å². The van der Waals surface area contributed by atoms with Crippen LogP contribution in [-0.2, 0) is 11.3 Å². The number of aromatic nitrogens is 3. The van der Waals surface area contributed by atoms with Crippen molar-refractivity contribution in [2.75, 3.05) is 6.54 Å². The fraction of sp³-hybridized carbons (Fsp3) is 0.222. The van der Waals surface area contributed by atoms with Crippen LogP contribution in [0.3, 0.4) is 0 Å². The van der Waals surface area contributed by atoms with E-state index in [1.165, 1.54) is 12.1 Å². The molecule has 2 aromatic heterocycles. The van der Waals surface area contributed by atoms with Crippen molar-refractivity contribution in [3.8, 4) is 11.5 Å². The van der Waals surface area contributed by atoms with Gasteiger partial charge in [-0.3, -0.25) is 9.78 Å². The molecule has 3 aromatic rings. The molecule has 0 N–H and O–H groups in total. The normalized spacial score (nSPS) is 17.1. The number of amides is 1. The van der Waals surface area contributed by atoms with Gasteiger partial charge in [-0.1, -0.05) is 22.8 Å². The number of hydrogen-bond acceptors (Lipinski definition) is 5. The molecule has 1 amide bonds. The molecule has 132 valence electrons. The van der Waals surface area contributed by atoms with Crippen molar-refractivity contribution in [2.45, 2.75) is 18.9 Å². The average Bonchev–Trinajstić information content (AvgIpc) is 3.27. The lowest BCUT2D eigenvalue weighted by Gasteiger charge is -2.16. The zero-order valence-corrected chi connectivity index (χ0v) is 14.4. The van der Waals surface area contributed by atoms with Crippen molar-refractivity contribution in [1.29, 1.82) is 0 Å². The van der Waals surface area contributed by atoms with Gasteiger partial charge in [-0.25, -0.2) is 4.39 Å². The Balaban J connectivity index is 1.48. The maximum atomic E-state index is 13.3. The summed E-state index contributed by atoms with van der Waals surface area (Å²) in [5.41, 5.74) is 1.55. The number of rotatable bonds is 4. The van der Waals surface area contributed by atoms with Gasteiger partial charge < -0.3 is 9.42 Å². The molecule has 1 fully saturated rings. The van der Waals surface area contributed by atoms with E-state index in [2.05, 4.69) is 15.1 Å². The number of benzene rings is 1. The van der Waals surface area contributed by atoms with Gasteiger partial charge >= 0.3 is 0 Å². The zero-order chi connectivity index (χ0) is 18.1. The number of hydrogen-bond donors (Lipinski definition) is 0. The van der Waals surface area contributed by atoms with Crippen LogP contribution in [0, 0.1) is 5.82 Å². The van der Waals surface area contributed by atoms with Crippen LogP contribution in [0.25, 0.3) is 11.5 Å². The molecular formula is C18H14ClFN4O2. The zero-order valence-electron chi connectivity index (χ0n) is 13.6. The molecule has 8 heteroatoms. The van der Waals surface area contributed by atoms with E-state index >= 15 is 0 Å². The summed E-state index contributed by atoms with van der Waals surface area (Å²) in [6.45, 7) is 0.841. The summed E-state index contributed by atoms with van der Waals surface area (Å²) in [7, 11) is 0. The van der Waals surface area contributed by atoms with Gasteiger partial charge in [0.25, 0.3) is 5.89 Å². The van der Waals surface area contributed by atoms with Crippen molar-refractivity contribution in [3.05, 3.63) is 65.0 Å². The molecule has 1 aromatic carbocycles. The van der Waals surface area contributed by atoms with E-state index in [1.807, 2.05) is 0 Å². The minimum Gasteiger partial charge on any atom is -0.338 e. The number of nitrogens with zero attached hydrogens (tertiary/aromatic N) is 4. The highest BCUT2D eigenvalue weighted by Gasteiger charge is 2.33. The van der Waals surface area contributed by atoms with Crippen LogP contribution < -0.4 is 0 Å². The number of carbonyl (C=O) groups excluding carboxylic acids is 1. The van der Waals surface area contributed by atoms with Gasteiger partial charge in [0.05, 0.1) is 5.02 Å². The molecule has 0 saturated carbocycles. The number of carbonyl (C=O) groups is 1. The third-order valence-electron chi connectivity index (χ3n) is 4.31. The van der Waals surface area contributed by atoms with Gasteiger partial charge in [0.1, 0.15) is 5.82 Å². The first-order valence-corrected chi connectivity index (χ1v) is 8.43. The third-order valence-corrected chi connectivity index (χ3v) is 4.60. The lowest BCUT2D eigenvalue weighted by molar-refractivity contribution is -0.128. The van der Waals surface area contributed by atoms with Gasteiger partial charge in [0, 0.05) is 43.4 Å². The van der Waals surface area contributed by atoms with E-state index in [0.717, 1.165) is 11.1 Å². The topological polar surface area (TPSA) is 72.1 Å². The molecule has 3 heterocycles. The van der Waals surface area contributed by atoms with Crippen LogP contribution in [0.5, 0.6) is 0 Å². The Morgan fingerprint density at radius 2 is 2.08 bits per heavy atom. The predicted molar refractivity (Wildman–Crippen MR) is 91.7 cm³/mol. The Kier molecular flexibility index (Phi) is 4.38. The summed E-state index contributed by atoms with van der Waals surface area (Å²) in [5, 5.41) is 4.07. The highest BCUT2D eigenvalue weighted by Crippen LogP contribution is 2.29. The number of halogens is 2. The lowest BCUT2D eigenvalue weighted by atomic mass is 10.1. The maximum Gasteiger partial charge on any atom is 0.258 e. The molecule has 6 nitrogen and oxygen atoms in total. The van der Waals surface area contributed by atoms with Crippen LogP contribution in [0.4, 0.5) is 4.39 Å². The highest BCUT2D eigenvalue weighted by molar-refractivity contribution is 6.30. The van der Waals surface area contributed by atoms with Crippen molar-refractivity contribution in [2.24, 2.45) is 0 Å². The average molecular weight is 373 g/mol. The van der Waals surface area contributed by atoms with E-state index in [9.17, 15) is 9.18 Å². The first kappa shape index (κ1) is 16.7. The fourth-order valence-electron chi connectivity index (χ4n) is 2.97. The largest absolute Gasteiger partial charge is 0.338 e.